The third-order valence-corrected chi connectivity index (χ3v) is 6.19. The molecular formula is C25H23ClF3N3O2. The van der Waals surface area contributed by atoms with Crippen molar-refractivity contribution in [3.8, 4) is 0 Å². The van der Waals surface area contributed by atoms with E-state index >= 15 is 8.78 Å². The molecule has 0 atom stereocenters. The highest BCUT2D eigenvalue weighted by Gasteiger charge is 2.26. The molecule has 0 amide bonds. The number of alkyl halides is 1. The molecule has 4 rings (SSSR count). The van der Waals surface area contributed by atoms with Crippen molar-refractivity contribution in [2.24, 2.45) is 0 Å². The molecular weight excluding hydrogens is 467 g/mol. The maximum absolute atomic E-state index is 15.6. The lowest BCUT2D eigenvalue weighted by atomic mass is 10.0. The Bertz CT molecular complexity index is 1310. The van der Waals surface area contributed by atoms with Crippen LogP contribution in [-0.4, -0.2) is 55.2 Å². The quantitative estimate of drug-likeness (QED) is 0.376. The van der Waals surface area contributed by atoms with Crippen LogP contribution in [0.1, 0.15) is 15.9 Å². The molecule has 2 aromatic carbocycles. The summed E-state index contributed by atoms with van der Waals surface area (Å²) >= 11 is 5.85. The minimum atomic E-state index is -0.930. The predicted molar refractivity (Wildman–Crippen MR) is 129 cm³/mol. The van der Waals surface area contributed by atoms with Crippen LogP contribution in [0.15, 0.2) is 47.4 Å². The monoisotopic (exact) mass is 489 g/mol. The van der Waals surface area contributed by atoms with Crippen LogP contribution in [0.25, 0.3) is 17.0 Å². The second-order valence-corrected chi connectivity index (χ2v) is 8.65. The minimum Gasteiger partial charge on any atom is -0.364 e. The number of benzene rings is 2. The zero-order valence-electron chi connectivity index (χ0n) is 18.5. The Labute approximate surface area is 199 Å². The highest BCUT2D eigenvalue weighted by molar-refractivity contribution is 6.30. The van der Waals surface area contributed by atoms with Crippen LogP contribution in [-0.2, 0) is 6.54 Å². The number of rotatable bonds is 6. The summed E-state index contributed by atoms with van der Waals surface area (Å²) in [6.45, 7) is 0.934. The second kappa shape index (κ2) is 10.0. The molecule has 1 saturated heterocycles. The number of fused-ring (bicyclic) bond motifs is 1. The van der Waals surface area contributed by atoms with E-state index in [4.69, 9.17) is 11.6 Å². The molecule has 178 valence electrons. The number of carbonyl (C=O) groups excluding carboxylic acids is 1. The summed E-state index contributed by atoms with van der Waals surface area (Å²) in [7, 11) is 1.92. The maximum Gasteiger partial charge on any atom is 0.200 e. The van der Waals surface area contributed by atoms with E-state index in [1.54, 1.807) is 29.2 Å². The lowest BCUT2D eigenvalue weighted by Crippen LogP contribution is -2.45. The van der Waals surface area contributed by atoms with Crippen molar-refractivity contribution >= 4 is 40.1 Å². The van der Waals surface area contributed by atoms with Gasteiger partial charge in [0.25, 0.3) is 0 Å². The summed E-state index contributed by atoms with van der Waals surface area (Å²) in [5.41, 5.74) is -0.877. The number of aryl methyl sites for hydroxylation is 1. The van der Waals surface area contributed by atoms with Crippen molar-refractivity contribution in [2.75, 3.05) is 44.8 Å². The molecule has 9 heteroatoms. The number of ketones is 1. The molecule has 0 aliphatic carbocycles. The van der Waals surface area contributed by atoms with Crippen molar-refractivity contribution < 1.29 is 18.0 Å². The fourth-order valence-electron chi connectivity index (χ4n) is 4.08. The Morgan fingerprint density at radius 2 is 1.79 bits per heavy atom. The third-order valence-electron chi connectivity index (χ3n) is 5.94. The lowest BCUT2D eigenvalue weighted by molar-refractivity contribution is 0.104. The molecule has 0 radical (unpaired) electrons. The van der Waals surface area contributed by atoms with E-state index in [0.29, 0.717) is 36.8 Å². The van der Waals surface area contributed by atoms with Gasteiger partial charge in [-0.25, -0.2) is 13.2 Å². The molecule has 1 aromatic heterocycles. The van der Waals surface area contributed by atoms with E-state index in [1.165, 1.54) is 16.7 Å². The average Bonchev–Trinajstić information content (AvgIpc) is 2.81. The van der Waals surface area contributed by atoms with Crippen LogP contribution >= 0.6 is 11.6 Å². The normalized spacial score (nSPS) is 14.9. The molecule has 3 aromatic rings. The summed E-state index contributed by atoms with van der Waals surface area (Å²) < 4.78 is 45.2. The van der Waals surface area contributed by atoms with Crippen LogP contribution in [0.5, 0.6) is 0 Å². The summed E-state index contributed by atoms with van der Waals surface area (Å²) in [4.78, 5) is 29.5. The van der Waals surface area contributed by atoms with Crippen molar-refractivity contribution in [1.82, 2.24) is 9.47 Å². The van der Waals surface area contributed by atoms with E-state index in [2.05, 4.69) is 0 Å². The molecule has 0 bridgehead atoms. The van der Waals surface area contributed by atoms with Gasteiger partial charge in [-0.3, -0.25) is 9.59 Å². The molecule has 0 saturated carbocycles. The first-order chi connectivity index (χ1) is 16.3. The third kappa shape index (κ3) is 4.74. The number of likely N-dealkylation sites (N-methyl/N-ethyl adjacent to an activating group) is 1. The standard InChI is InChI=1S/C25H23ClF3N3O2/c1-30-10-12-31(13-11-30)24-20(28)14-18-23(22(24)29)32(9-8-27)15-19(25(18)34)21(33)7-4-16-2-5-17(26)6-3-16/h2-7,14-15H,8-13H2,1H3. The van der Waals surface area contributed by atoms with E-state index in [0.717, 1.165) is 12.3 Å². The van der Waals surface area contributed by atoms with Gasteiger partial charge in [0, 0.05) is 37.4 Å². The first-order valence-corrected chi connectivity index (χ1v) is 11.2. The summed E-state index contributed by atoms with van der Waals surface area (Å²) in [6, 6.07) is 7.64. The number of hydrogen-bond donors (Lipinski definition) is 0. The lowest BCUT2D eigenvalue weighted by Gasteiger charge is -2.34. The maximum atomic E-state index is 15.6. The van der Waals surface area contributed by atoms with Gasteiger partial charge in [0.1, 0.15) is 18.2 Å². The fraction of sp³-hybridized carbons (Fsp3) is 0.280. The molecule has 0 spiro atoms. The Morgan fingerprint density at radius 1 is 1.12 bits per heavy atom. The summed E-state index contributed by atoms with van der Waals surface area (Å²) in [6.07, 6.45) is 3.84. The largest absolute Gasteiger partial charge is 0.364 e. The smallest absolute Gasteiger partial charge is 0.200 e. The van der Waals surface area contributed by atoms with E-state index in [9.17, 15) is 14.0 Å². The van der Waals surface area contributed by atoms with Crippen molar-refractivity contribution in [3.05, 3.63) is 80.6 Å². The van der Waals surface area contributed by atoms with Crippen molar-refractivity contribution in [2.45, 2.75) is 6.54 Å². The molecule has 1 aliphatic heterocycles. The molecule has 0 N–H and O–H groups in total. The van der Waals surface area contributed by atoms with Gasteiger partial charge in [0.2, 0.25) is 5.43 Å². The SMILES string of the molecule is CN1CCN(c2c(F)cc3c(=O)c(C(=O)C=Cc4ccc(Cl)cc4)cn(CCF)c3c2F)CC1. The Kier molecular flexibility index (Phi) is 7.09. The van der Waals surface area contributed by atoms with Gasteiger partial charge in [0.05, 0.1) is 23.0 Å². The van der Waals surface area contributed by atoms with Gasteiger partial charge < -0.3 is 14.4 Å². The number of carbonyl (C=O) groups is 1. The molecule has 0 unspecified atom stereocenters. The number of hydrogen-bond acceptors (Lipinski definition) is 4. The number of halogens is 4. The number of allylic oxidation sites excluding steroid dienone is 1. The van der Waals surface area contributed by atoms with Gasteiger partial charge >= 0.3 is 0 Å². The van der Waals surface area contributed by atoms with E-state index in [1.807, 2.05) is 11.9 Å². The Hall–Kier alpha value is -3.10. The zero-order chi connectivity index (χ0) is 24.4. The van der Waals surface area contributed by atoms with Gasteiger partial charge in [0.15, 0.2) is 11.6 Å². The molecule has 5 nitrogen and oxygen atoms in total. The van der Waals surface area contributed by atoms with Crippen LogP contribution in [0.4, 0.5) is 18.9 Å². The molecule has 1 aliphatic rings. The minimum absolute atomic E-state index is 0.212. The van der Waals surface area contributed by atoms with Gasteiger partial charge in [-0.1, -0.05) is 29.8 Å². The fourth-order valence-corrected chi connectivity index (χ4v) is 4.20. The van der Waals surface area contributed by atoms with E-state index < -0.39 is 29.5 Å². The van der Waals surface area contributed by atoms with Gasteiger partial charge in [-0.2, -0.15) is 0 Å². The molecule has 1 fully saturated rings. The molecule has 2 heterocycles. The van der Waals surface area contributed by atoms with Crippen molar-refractivity contribution in [3.63, 3.8) is 0 Å². The summed E-state index contributed by atoms with van der Waals surface area (Å²) in [5.74, 6) is -2.47. The highest BCUT2D eigenvalue weighted by atomic mass is 35.5. The number of pyridine rings is 1. The van der Waals surface area contributed by atoms with Crippen LogP contribution in [0.2, 0.25) is 5.02 Å². The van der Waals surface area contributed by atoms with E-state index in [-0.39, 0.29) is 28.7 Å². The van der Waals surface area contributed by atoms with Gasteiger partial charge in [-0.15, -0.1) is 0 Å². The molecule has 34 heavy (non-hydrogen) atoms. The highest BCUT2D eigenvalue weighted by Crippen LogP contribution is 2.31. The topological polar surface area (TPSA) is 45.6 Å². The number of nitrogens with zero attached hydrogens (tertiary/aromatic N) is 3. The number of piperazine rings is 1. The van der Waals surface area contributed by atoms with Crippen LogP contribution in [0, 0.1) is 11.6 Å². The Balaban J connectivity index is 1.80. The summed E-state index contributed by atoms with van der Waals surface area (Å²) in [5, 5.41) is 0.235. The Morgan fingerprint density at radius 3 is 2.44 bits per heavy atom. The van der Waals surface area contributed by atoms with Gasteiger partial charge in [-0.05, 0) is 36.9 Å². The first-order valence-electron chi connectivity index (χ1n) is 10.8. The predicted octanol–water partition coefficient (Wildman–Crippen LogP) is 4.55. The number of aromatic nitrogens is 1. The average molecular weight is 490 g/mol. The second-order valence-electron chi connectivity index (χ2n) is 8.21. The van der Waals surface area contributed by atoms with Crippen LogP contribution < -0.4 is 10.3 Å². The van der Waals surface area contributed by atoms with Crippen molar-refractivity contribution in [1.29, 1.82) is 0 Å². The van der Waals surface area contributed by atoms with Crippen LogP contribution in [0.3, 0.4) is 0 Å². The number of anilines is 1. The first kappa shape index (κ1) is 24.0. The zero-order valence-corrected chi connectivity index (χ0v) is 19.3.